The molecule has 0 bridgehead atoms. The van der Waals surface area contributed by atoms with Crippen LogP contribution in [0.25, 0.3) is 16.9 Å². The van der Waals surface area contributed by atoms with E-state index in [0.29, 0.717) is 53.9 Å². The van der Waals surface area contributed by atoms with E-state index in [1.54, 1.807) is 54.4 Å². The first-order valence-corrected chi connectivity index (χ1v) is 19.4. The molecule has 3 aliphatic heterocycles. The molecule has 3 aromatic heterocycles. The summed E-state index contributed by atoms with van der Waals surface area (Å²) in [6.45, 7) is 3.21. The molecule has 1 unspecified atom stereocenters. The fraction of sp³-hybridized carbons (Fsp3) is 0.333. The number of H-pyrrole nitrogens is 1. The average molecular weight is 766 g/mol. The standard InChI is InChI=1S/C36H35N11O7S/c1-19-11-24(5-6-27(19)41-36-43-32-31(54-23-3-2-4-23)30(22-14-38-39-15-22)37-18-46(32)44-36)55(52,53)40-9-10-45-16-20-12-25-26(13-21(20)17-45)35(51)47(34(25)50)28-7-8-29(48)42-33(28)49/h5-6,11-15,18,23,28,40H,2-4,7-10,16-17H2,1H3,(H,38,39)(H,41,44)(H,42,48,49). The van der Waals surface area contributed by atoms with E-state index < -0.39 is 39.7 Å². The molecule has 1 aliphatic carbocycles. The van der Waals surface area contributed by atoms with Gasteiger partial charge >= 0.3 is 0 Å². The minimum Gasteiger partial charge on any atom is -0.484 e. The molecule has 55 heavy (non-hydrogen) atoms. The van der Waals surface area contributed by atoms with Crippen molar-refractivity contribution in [3.8, 4) is 17.0 Å². The molecular formula is C36H35N11O7S. The van der Waals surface area contributed by atoms with Crippen molar-refractivity contribution in [1.82, 2.24) is 49.6 Å². The maximum Gasteiger partial charge on any atom is 0.262 e. The number of hydrogen-bond donors (Lipinski definition) is 4. The van der Waals surface area contributed by atoms with Gasteiger partial charge in [0, 0.05) is 50.0 Å². The molecule has 4 aliphatic rings. The van der Waals surface area contributed by atoms with Gasteiger partial charge in [-0.2, -0.15) is 14.6 Å². The van der Waals surface area contributed by atoms with Crippen LogP contribution in [0.4, 0.5) is 11.6 Å². The Kier molecular flexibility index (Phi) is 8.43. The number of nitrogens with one attached hydrogen (secondary N) is 4. The van der Waals surface area contributed by atoms with Crippen molar-refractivity contribution in [2.45, 2.75) is 69.2 Å². The number of amides is 4. The number of aromatic amines is 1. The van der Waals surface area contributed by atoms with Crippen LogP contribution in [-0.4, -0.2) is 96.9 Å². The maximum absolute atomic E-state index is 13.3. The maximum atomic E-state index is 13.3. The van der Waals surface area contributed by atoms with E-state index in [0.717, 1.165) is 40.9 Å². The minimum absolute atomic E-state index is 0.0495. The van der Waals surface area contributed by atoms with Gasteiger partial charge in [0.05, 0.1) is 28.3 Å². The number of nitrogens with zero attached hydrogens (tertiary/aromatic N) is 7. The van der Waals surface area contributed by atoms with Crippen LogP contribution in [0.15, 0.2) is 53.9 Å². The van der Waals surface area contributed by atoms with Gasteiger partial charge in [0.2, 0.25) is 33.4 Å². The smallest absolute Gasteiger partial charge is 0.262 e. The molecule has 2 fully saturated rings. The van der Waals surface area contributed by atoms with E-state index in [-0.39, 0.29) is 41.5 Å². The van der Waals surface area contributed by atoms with E-state index in [2.05, 4.69) is 35.6 Å². The van der Waals surface area contributed by atoms with Crippen LogP contribution in [0.1, 0.15) is 69.5 Å². The lowest BCUT2D eigenvalue weighted by Gasteiger charge is -2.27. The van der Waals surface area contributed by atoms with Crippen LogP contribution in [-0.2, 0) is 32.7 Å². The van der Waals surface area contributed by atoms with Gasteiger partial charge in [0.25, 0.3) is 11.8 Å². The summed E-state index contributed by atoms with van der Waals surface area (Å²) in [5.41, 5.74) is 5.29. The molecule has 18 nitrogen and oxygen atoms in total. The zero-order valence-corrected chi connectivity index (χ0v) is 30.4. The Balaban J connectivity index is 0.834. The van der Waals surface area contributed by atoms with Gasteiger partial charge in [-0.05, 0) is 79.6 Å². The zero-order chi connectivity index (χ0) is 38.0. The number of aromatic nitrogens is 6. The lowest BCUT2D eigenvalue weighted by Crippen LogP contribution is -2.54. The predicted molar refractivity (Wildman–Crippen MR) is 194 cm³/mol. The number of carbonyl (C=O) groups excluding carboxylic acids is 4. The highest BCUT2D eigenvalue weighted by Crippen LogP contribution is 2.36. The Morgan fingerprint density at radius 3 is 2.42 bits per heavy atom. The Bertz CT molecular complexity index is 2490. The number of aryl methyl sites for hydroxylation is 1. The second-order valence-corrected chi connectivity index (χ2v) is 15.9. The van der Waals surface area contributed by atoms with Gasteiger partial charge in [-0.15, -0.1) is 5.10 Å². The molecule has 19 heteroatoms. The fourth-order valence-corrected chi connectivity index (χ4v) is 8.43. The largest absolute Gasteiger partial charge is 0.484 e. The zero-order valence-electron chi connectivity index (χ0n) is 29.5. The number of sulfonamides is 1. The van der Waals surface area contributed by atoms with Crippen LogP contribution in [0.3, 0.4) is 0 Å². The van der Waals surface area contributed by atoms with E-state index in [9.17, 15) is 27.6 Å². The highest BCUT2D eigenvalue weighted by molar-refractivity contribution is 7.89. The summed E-state index contributed by atoms with van der Waals surface area (Å²) in [5.74, 6) is -1.40. The number of rotatable bonds is 11. The van der Waals surface area contributed by atoms with Gasteiger partial charge < -0.3 is 10.1 Å². The molecule has 6 heterocycles. The van der Waals surface area contributed by atoms with Crippen LogP contribution in [0, 0.1) is 6.92 Å². The Morgan fingerprint density at radius 1 is 1.00 bits per heavy atom. The third-order valence-corrected chi connectivity index (χ3v) is 11.9. The second-order valence-electron chi connectivity index (χ2n) is 14.1. The highest BCUT2D eigenvalue weighted by Gasteiger charge is 2.45. The minimum atomic E-state index is -3.86. The molecule has 1 saturated carbocycles. The number of fused-ring (bicyclic) bond motifs is 3. The number of carbonyl (C=O) groups is 4. The number of hydrogen-bond acceptors (Lipinski definition) is 13. The number of piperidine rings is 1. The van der Waals surface area contributed by atoms with Gasteiger partial charge in [0.15, 0.2) is 5.75 Å². The number of ether oxygens (including phenoxy) is 1. The van der Waals surface area contributed by atoms with Crippen LogP contribution in [0.2, 0.25) is 0 Å². The lowest BCUT2D eigenvalue weighted by atomic mass is 9.96. The topological polar surface area (TPSA) is 226 Å². The first kappa shape index (κ1) is 34.7. The molecule has 4 N–H and O–H groups in total. The van der Waals surface area contributed by atoms with Crippen molar-refractivity contribution in [3.05, 3.63) is 76.9 Å². The monoisotopic (exact) mass is 765 g/mol. The van der Waals surface area contributed by atoms with Crippen molar-refractivity contribution in [1.29, 1.82) is 0 Å². The summed E-state index contributed by atoms with van der Waals surface area (Å²) in [7, 11) is -3.86. The van der Waals surface area contributed by atoms with Crippen LogP contribution >= 0.6 is 0 Å². The predicted octanol–water partition coefficient (Wildman–Crippen LogP) is 2.19. The first-order chi connectivity index (χ1) is 26.5. The first-order valence-electron chi connectivity index (χ1n) is 17.9. The van der Waals surface area contributed by atoms with E-state index in [4.69, 9.17) is 9.72 Å². The molecule has 1 saturated heterocycles. The van der Waals surface area contributed by atoms with Crippen molar-refractivity contribution >= 4 is 50.9 Å². The van der Waals surface area contributed by atoms with E-state index >= 15 is 0 Å². The lowest BCUT2D eigenvalue weighted by molar-refractivity contribution is -0.136. The van der Waals surface area contributed by atoms with Crippen LogP contribution < -0.4 is 20.1 Å². The van der Waals surface area contributed by atoms with E-state index in [1.807, 2.05) is 4.90 Å². The second kappa shape index (κ2) is 13.4. The Hall–Kier alpha value is -6.05. The molecule has 9 rings (SSSR count). The van der Waals surface area contributed by atoms with Crippen molar-refractivity contribution in [2.75, 3.05) is 18.4 Å². The van der Waals surface area contributed by atoms with Crippen molar-refractivity contribution < 1.29 is 32.3 Å². The van der Waals surface area contributed by atoms with Gasteiger partial charge in [0.1, 0.15) is 18.1 Å². The van der Waals surface area contributed by atoms with Gasteiger partial charge in [-0.25, -0.2) is 18.1 Å². The average Bonchev–Trinajstić information content (AvgIpc) is 3.93. The molecule has 4 amide bonds. The molecule has 0 radical (unpaired) electrons. The highest BCUT2D eigenvalue weighted by atomic mass is 32.2. The molecular weight excluding hydrogens is 731 g/mol. The normalized spacial score (nSPS) is 18.8. The molecule has 5 aromatic rings. The number of anilines is 2. The quantitative estimate of drug-likeness (QED) is 0.142. The fourth-order valence-electron chi connectivity index (χ4n) is 7.32. The summed E-state index contributed by atoms with van der Waals surface area (Å²) < 4.78 is 37.2. The summed E-state index contributed by atoms with van der Waals surface area (Å²) in [6.07, 6.45) is 8.18. The SMILES string of the molecule is Cc1cc(S(=O)(=O)NCCN2Cc3cc4c(cc3C2)C(=O)N(C2CCC(=O)NC2=O)C4=O)ccc1Nc1nc2c(OC3CCC3)c(-c3cn[nH]c3)ncn2n1. The number of benzene rings is 2. The summed E-state index contributed by atoms with van der Waals surface area (Å²) in [4.78, 5) is 62.8. The van der Waals surface area contributed by atoms with Crippen molar-refractivity contribution in [3.63, 3.8) is 0 Å². The molecule has 282 valence electrons. The Morgan fingerprint density at radius 2 is 1.76 bits per heavy atom. The molecule has 1 atom stereocenters. The van der Waals surface area contributed by atoms with Gasteiger partial charge in [-0.1, -0.05) is 0 Å². The third-order valence-electron chi connectivity index (χ3n) is 10.5. The Labute approximate surface area is 313 Å². The third kappa shape index (κ3) is 6.28. The van der Waals surface area contributed by atoms with Crippen LogP contribution in [0.5, 0.6) is 5.75 Å². The number of imide groups is 2. The molecule has 2 aromatic carbocycles. The summed E-state index contributed by atoms with van der Waals surface area (Å²) >= 11 is 0. The summed E-state index contributed by atoms with van der Waals surface area (Å²) in [6, 6.07) is 7.08. The summed E-state index contributed by atoms with van der Waals surface area (Å²) in [5, 5.41) is 16.8. The van der Waals surface area contributed by atoms with Gasteiger partial charge in [-0.3, -0.25) is 39.4 Å². The molecule has 0 spiro atoms. The van der Waals surface area contributed by atoms with E-state index in [1.165, 1.54) is 6.07 Å². The van der Waals surface area contributed by atoms with Crippen molar-refractivity contribution in [2.24, 2.45) is 0 Å².